The molecule has 2 aromatic rings. The van der Waals surface area contributed by atoms with Crippen LogP contribution in [0.5, 0.6) is 0 Å². The molecule has 0 saturated heterocycles. The van der Waals surface area contributed by atoms with Gasteiger partial charge in [0.25, 0.3) is 0 Å². The Morgan fingerprint density at radius 2 is 2.05 bits per heavy atom. The first-order valence-electron chi connectivity index (χ1n) is 6.78. The number of benzene rings is 1. The van der Waals surface area contributed by atoms with Crippen LogP contribution >= 0.6 is 11.3 Å². The van der Waals surface area contributed by atoms with Crippen molar-refractivity contribution in [3.63, 3.8) is 0 Å². The van der Waals surface area contributed by atoms with Crippen LogP contribution < -0.4 is 5.32 Å². The zero-order chi connectivity index (χ0) is 13.5. The van der Waals surface area contributed by atoms with Gasteiger partial charge < -0.3 is 5.32 Å². The SMILES string of the molecule is CCNC(CCc1cccs1)Cc1ccccc1F. The van der Waals surface area contributed by atoms with E-state index in [2.05, 4.69) is 29.8 Å². The van der Waals surface area contributed by atoms with Gasteiger partial charge in [-0.05, 0) is 48.9 Å². The van der Waals surface area contributed by atoms with E-state index in [-0.39, 0.29) is 5.82 Å². The van der Waals surface area contributed by atoms with E-state index in [9.17, 15) is 4.39 Å². The predicted molar refractivity (Wildman–Crippen MR) is 80.2 cm³/mol. The summed E-state index contributed by atoms with van der Waals surface area (Å²) in [7, 11) is 0. The molecule has 2 rings (SSSR count). The number of thiophene rings is 1. The van der Waals surface area contributed by atoms with Crippen molar-refractivity contribution in [2.75, 3.05) is 6.54 Å². The van der Waals surface area contributed by atoms with Crippen LogP contribution in [-0.4, -0.2) is 12.6 Å². The molecular weight excluding hydrogens is 257 g/mol. The molecule has 0 aliphatic rings. The lowest BCUT2D eigenvalue weighted by Gasteiger charge is -2.18. The molecule has 1 nitrogen and oxygen atoms in total. The van der Waals surface area contributed by atoms with Crippen molar-refractivity contribution in [2.45, 2.75) is 32.2 Å². The Labute approximate surface area is 118 Å². The fourth-order valence-electron chi connectivity index (χ4n) is 2.27. The molecule has 1 aromatic heterocycles. The van der Waals surface area contributed by atoms with Gasteiger partial charge in [0.15, 0.2) is 0 Å². The zero-order valence-electron chi connectivity index (χ0n) is 11.2. The van der Waals surface area contributed by atoms with Gasteiger partial charge in [-0.3, -0.25) is 0 Å². The fraction of sp³-hybridized carbons (Fsp3) is 0.375. The second-order valence-corrected chi connectivity index (χ2v) is 5.70. The molecule has 0 amide bonds. The fourth-order valence-corrected chi connectivity index (χ4v) is 2.99. The first-order chi connectivity index (χ1) is 9.29. The van der Waals surface area contributed by atoms with E-state index >= 15 is 0 Å². The van der Waals surface area contributed by atoms with E-state index in [1.54, 1.807) is 17.4 Å². The summed E-state index contributed by atoms with van der Waals surface area (Å²) in [5.41, 5.74) is 0.805. The summed E-state index contributed by atoms with van der Waals surface area (Å²) in [6, 6.07) is 11.6. The maximum absolute atomic E-state index is 13.7. The highest BCUT2D eigenvalue weighted by molar-refractivity contribution is 7.09. The van der Waals surface area contributed by atoms with Crippen molar-refractivity contribution in [1.29, 1.82) is 0 Å². The Balaban J connectivity index is 1.94. The van der Waals surface area contributed by atoms with Gasteiger partial charge in [-0.15, -0.1) is 11.3 Å². The van der Waals surface area contributed by atoms with Gasteiger partial charge in [0.05, 0.1) is 0 Å². The zero-order valence-corrected chi connectivity index (χ0v) is 12.0. The summed E-state index contributed by atoms with van der Waals surface area (Å²) >= 11 is 1.79. The Bertz CT molecular complexity index is 481. The molecule has 1 atom stereocenters. The van der Waals surface area contributed by atoms with Crippen LogP contribution in [0.3, 0.4) is 0 Å². The molecule has 0 radical (unpaired) electrons. The topological polar surface area (TPSA) is 12.0 Å². The van der Waals surface area contributed by atoms with Crippen LogP contribution in [-0.2, 0) is 12.8 Å². The molecule has 1 aromatic carbocycles. The largest absolute Gasteiger partial charge is 0.314 e. The Morgan fingerprint density at radius 3 is 2.74 bits per heavy atom. The molecular formula is C16H20FNS. The molecule has 1 heterocycles. The number of likely N-dealkylation sites (N-methyl/N-ethyl adjacent to an activating group) is 1. The molecule has 3 heteroatoms. The highest BCUT2D eigenvalue weighted by Gasteiger charge is 2.11. The quantitative estimate of drug-likeness (QED) is 0.805. The van der Waals surface area contributed by atoms with E-state index in [4.69, 9.17) is 0 Å². The van der Waals surface area contributed by atoms with Crippen molar-refractivity contribution < 1.29 is 4.39 Å². The van der Waals surface area contributed by atoms with E-state index in [0.29, 0.717) is 6.04 Å². The number of rotatable bonds is 7. The van der Waals surface area contributed by atoms with Crippen LogP contribution in [0.1, 0.15) is 23.8 Å². The number of hydrogen-bond donors (Lipinski definition) is 1. The van der Waals surface area contributed by atoms with Crippen molar-refractivity contribution in [1.82, 2.24) is 5.32 Å². The number of hydrogen-bond acceptors (Lipinski definition) is 2. The average molecular weight is 277 g/mol. The summed E-state index contributed by atoms with van der Waals surface area (Å²) in [6.45, 7) is 3.02. The minimum Gasteiger partial charge on any atom is -0.314 e. The van der Waals surface area contributed by atoms with E-state index in [1.807, 2.05) is 12.1 Å². The Morgan fingerprint density at radius 1 is 1.21 bits per heavy atom. The van der Waals surface area contributed by atoms with Gasteiger partial charge in [-0.25, -0.2) is 4.39 Å². The first kappa shape index (κ1) is 14.2. The van der Waals surface area contributed by atoms with Crippen LogP contribution in [0.25, 0.3) is 0 Å². The summed E-state index contributed by atoms with van der Waals surface area (Å²) in [5.74, 6) is -0.0958. The van der Waals surface area contributed by atoms with E-state index in [1.165, 1.54) is 10.9 Å². The summed E-state index contributed by atoms with van der Waals surface area (Å²) < 4.78 is 13.7. The molecule has 0 aliphatic carbocycles. The maximum atomic E-state index is 13.7. The standard InChI is InChI=1S/C16H20FNS/c1-2-18-14(9-10-15-7-5-11-19-15)12-13-6-3-4-8-16(13)17/h3-8,11,14,18H,2,9-10,12H2,1H3. The van der Waals surface area contributed by atoms with Crippen molar-refractivity contribution in [3.05, 3.63) is 58.0 Å². The van der Waals surface area contributed by atoms with Crippen molar-refractivity contribution in [3.8, 4) is 0 Å². The van der Waals surface area contributed by atoms with Gasteiger partial charge in [0, 0.05) is 10.9 Å². The minimum atomic E-state index is -0.0958. The van der Waals surface area contributed by atoms with Gasteiger partial charge >= 0.3 is 0 Å². The lowest BCUT2D eigenvalue weighted by Crippen LogP contribution is -2.31. The highest BCUT2D eigenvalue weighted by Crippen LogP contribution is 2.15. The van der Waals surface area contributed by atoms with Crippen LogP contribution in [0, 0.1) is 5.82 Å². The smallest absolute Gasteiger partial charge is 0.126 e. The summed E-state index contributed by atoms with van der Waals surface area (Å²) in [4.78, 5) is 1.40. The molecule has 1 unspecified atom stereocenters. The Kier molecular flexibility index (Phi) is 5.55. The average Bonchev–Trinajstić information content (AvgIpc) is 2.92. The second-order valence-electron chi connectivity index (χ2n) is 4.67. The summed E-state index contributed by atoms with van der Waals surface area (Å²) in [6.07, 6.45) is 2.86. The third-order valence-corrected chi connectivity index (χ3v) is 4.17. The number of halogens is 1. The third kappa shape index (κ3) is 4.44. The number of aryl methyl sites for hydroxylation is 1. The van der Waals surface area contributed by atoms with Crippen molar-refractivity contribution in [2.24, 2.45) is 0 Å². The van der Waals surface area contributed by atoms with Gasteiger partial charge in [-0.1, -0.05) is 31.2 Å². The monoisotopic (exact) mass is 277 g/mol. The Hall–Kier alpha value is -1.19. The lowest BCUT2D eigenvalue weighted by molar-refractivity contribution is 0.481. The molecule has 0 spiro atoms. The third-order valence-electron chi connectivity index (χ3n) is 3.24. The lowest BCUT2D eigenvalue weighted by atomic mass is 10.0. The highest BCUT2D eigenvalue weighted by atomic mass is 32.1. The van der Waals surface area contributed by atoms with E-state index < -0.39 is 0 Å². The first-order valence-corrected chi connectivity index (χ1v) is 7.66. The summed E-state index contributed by atoms with van der Waals surface area (Å²) in [5, 5.41) is 5.56. The molecule has 0 saturated carbocycles. The van der Waals surface area contributed by atoms with Gasteiger partial charge in [-0.2, -0.15) is 0 Å². The van der Waals surface area contributed by atoms with Gasteiger partial charge in [0.2, 0.25) is 0 Å². The van der Waals surface area contributed by atoms with Crippen LogP contribution in [0.15, 0.2) is 41.8 Å². The normalized spacial score (nSPS) is 12.5. The van der Waals surface area contributed by atoms with E-state index in [0.717, 1.165) is 31.4 Å². The number of nitrogens with one attached hydrogen (secondary N) is 1. The van der Waals surface area contributed by atoms with Gasteiger partial charge in [0.1, 0.15) is 5.82 Å². The molecule has 1 N–H and O–H groups in total. The maximum Gasteiger partial charge on any atom is 0.126 e. The van der Waals surface area contributed by atoms with Crippen LogP contribution in [0.4, 0.5) is 4.39 Å². The predicted octanol–water partition coefficient (Wildman–Crippen LogP) is 4.04. The molecule has 0 fully saturated rings. The van der Waals surface area contributed by atoms with Crippen LogP contribution in [0.2, 0.25) is 0 Å². The second kappa shape index (κ2) is 7.41. The minimum absolute atomic E-state index is 0.0958. The van der Waals surface area contributed by atoms with Crippen molar-refractivity contribution >= 4 is 11.3 Å². The molecule has 19 heavy (non-hydrogen) atoms. The molecule has 102 valence electrons. The molecule has 0 aliphatic heterocycles. The molecule has 0 bridgehead atoms.